The van der Waals surface area contributed by atoms with Gasteiger partial charge in [-0.3, -0.25) is 14.4 Å². The van der Waals surface area contributed by atoms with E-state index in [0.29, 0.717) is 32.8 Å². The van der Waals surface area contributed by atoms with Crippen LogP contribution in [-0.2, 0) is 4.79 Å². The zero-order chi connectivity index (χ0) is 27.4. The van der Waals surface area contributed by atoms with Crippen LogP contribution in [0.4, 0.5) is 11.4 Å². The smallest absolute Gasteiger partial charge is 0.274 e. The van der Waals surface area contributed by atoms with Gasteiger partial charge < -0.3 is 15.5 Å². The van der Waals surface area contributed by atoms with E-state index in [1.807, 2.05) is 18.2 Å². The molecule has 0 saturated heterocycles. The van der Waals surface area contributed by atoms with Gasteiger partial charge in [-0.2, -0.15) is 5.10 Å². The normalized spacial score (nSPS) is 10.7. The summed E-state index contributed by atoms with van der Waals surface area (Å²) in [6.45, 7) is 3.19. The van der Waals surface area contributed by atoms with Crippen LogP contribution < -0.4 is 15.5 Å². The summed E-state index contributed by atoms with van der Waals surface area (Å²) in [5, 5.41) is 10.4. The summed E-state index contributed by atoms with van der Waals surface area (Å²) < 4.78 is 1.34. The van der Waals surface area contributed by atoms with Gasteiger partial charge >= 0.3 is 0 Å². The van der Waals surface area contributed by atoms with Crippen LogP contribution in [0.15, 0.2) is 66.9 Å². The van der Waals surface area contributed by atoms with E-state index >= 15 is 0 Å². The highest BCUT2D eigenvalue weighted by Crippen LogP contribution is 2.27. The average molecular weight is 551 g/mol. The zero-order valence-corrected chi connectivity index (χ0v) is 22.3. The molecule has 2 heterocycles. The Balaban J connectivity index is 1.57. The van der Waals surface area contributed by atoms with Gasteiger partial charge in [-0.25, -0.2) is 9.67 Å². The van der Waals surface area contributed by atoms with Crippen molar-refractivity contribution in [2.45, 2.75) is 13.8 Å². The fraction of sp³-hybridized carbons (Fsp3) is 0.148. The second-order valence-electron chi connectivity index (χ2n) is 8.46. The Morgan fingerprint density at radius 2 is 1.71 bits per heavy atom. The number of hydrogen-bond donors (Lipinski definition) is 2. The van der Waals surface area contributed by atoms with Crippen LogP contribution in [0.2, 0.25) is 10.0 Å². The van der Waals surface area contributed by atoms with Crippen LogP contribution in [0.5, 0.6) is 0 Å². The molecule has 0 radical (unpaired) electrons. The van der Waals surface area contributed by atoms with Gasteiger partial charge in [0.25, 0.3) is 11.8 Å². The fourth-order valence-electron chi connectivity index (χ4n) is 3.79. The van der Waals surface area contributed by atoms with Crippen molar-refractivity contribution in [3.8, 4) is 5.82 Å². The van der Waals surface area contributed by atoms with Gasteiger partial charge in [0.1, 0.15) is 5.69 Å². The van der Waals surface area contributed by atoms with Crippen LogP contribution in [0.1, 0.15) is 32.1 Å². The number of amides is 3. The largest absolute Gasteiger partial charge is 0.343 e. The summed E-state index contributed by atoms with van der Waals surface area (Å²) >= 11 is 12.5. The molecule has 0 aliphatic carbocycles. The predicted molar refractivity (Wildman–Crippen MR) is 147 cm³/mol. The van der Waals surface area contributed by atoms with Crippen LogP contribution in [0, 0.1) is 13.8 Å². The molecule has 0 bridgehead atoms. The first-order chi connectivity index (χ1) is 18.2. The lowest BCUT2D eigenvalue weighted by atomic mass is 10.1. The van der Waals surface area contributed by atoms with E-state index < -0.39 is 11.8 Å². The van der Waals surface area contributed by atoms with Crippen molar-refractivity contribution in [3.63, 3.8) is 0 Å². The maximum absolute atomic E-state index is 13.4. The fourth-order valence-corrected chi connectivity index (χ4v) is 4.26. The molecule has 0 aliphatic heterocycles. The minimum Gasteiger partial charge on any atom is -0.343 e. The SMILES string of the molecule is Cc1cc(C(=O)Nc2c(C)cc(Cl)cc2C(=O)NCC(=O)N(C)c2ccccc2)n(-c2ncccc2Cl)n1. The maximum Gasteiger partial charge on any atom is 0.274 e. The number of anilines is 2. The number of carbonyl (C=O) groups excluding carboxylic acids is 3. The van der Waals surface area contributed by atoms with E-state index in [2.05, 4.69) is 20.7 Å². The number of aryl methyl sites for hydroxylation is 2. The summed E-state index contributed by atoms with van der Waals surface area (Å²) in [7, 11) is 1.62. The number of para-hydroxylation sites is 1. The number of rotatable bonds is 7. The molecule has 0 unspecified atom stereocenters. The molecular weight excluding hydrogens is 527 g/mol. The average Bonchev–Trinajstić information content (AvgIpc) is 3.30. The van der Waals surface area contributed by atoms with Gasteiger partial charge in [0.2, 0.25) is 5.91 Å². The number of benzene rings is 2. The molecule has 4 rings (SSSR count). The first kappa shape index (κ1) is 26.8. The highest BCUT2D eigenvalue weighted by Gasteiger charge is 2.23. The summed E-state index contributed by atoms with van der Waals surface area (Å²) in [5.41, 5.74) is 2.35. The summed E-state index contributed by atoms with van der Waals surface area (Å²) in [4.78, 5) is 44.9. The van der Waals surface area contributed by atoms with E-state index in [0.717, 1.165) is 0 Å². The Hall–Kier alpha value is -4.21. The molecule has 3 amide bonds. The molecule has 11 heteroatoms. The quantitative estimate of drug-likeness (QED) is 0.342. The second kappa shape index (κ2) is 11.5. The molecule has 0 aliphatic rings. The monoisotopic (exact) mass is 550 g/mol. The lowest BCUT2D eigenvalue weighted by Gasteiger charge is -2.18. The van der Waals surface area contributed by atoms with E-state index in [1.54, 1.807) is 63.5 Å². The summed E-state index contributed by atoms with van der Waals surface area (Å²) in [6.07, 6.45) is 1.54. The minimum atomic E-state index is -0.571. The Kier molecular flexibility index (Phi) is 8.09. The molecule has 4 aromatic rings. The molecule has 194 valence electrons. The van der Waals surface area contributed by atoms with E-state index in [-0.39, 0.29) is 29.4 Å². The zero-order valence-electron chi connectivity index (χ0n) is 20.8. The molecule has 0 atom stereocenters. The van der Waals surface area contributed by atoms with Crippen molar-refractivity contribution in [2.75, 3.05) is 23.8 Å². The second-order valence-corrected chi connectivity index (χ2v) is 9.31. The van der Waals surface area contributed by atoms with E-state index in [1.165, 1.54) is 15.6 Å². The van der Waals surface area contributed by atoms with Gasteiger partial charge in [0, 0.05) is 24.0 Å². The first-order valence-corrected chi connectivity index (χ1v) is 12.3. The van der Waals surface area contributed by atoms with Crippen LogP contribution in [0.3, 0.4) is 0 Å². The highest BCUT2D eigenvalue weighted by molar-refractivity contribution is 6.32. The maximum atomic E-state index is 13.4. The Morgan fingerprint density at radius 1 is 0.974 bits per heavy atom. The van der Waals surface area contributed by atoms with Gasteiger partial charge in [-0.15, -0.1) is 0 Å². The van der Waals surface area contributed by atoms with E-state index in [4.69, 9.17) is 23.2 Å². The number of hydrogen-bond acceptors (Lipinski definition) is 5. The molecule has 2 aromatic heterocycles. The summed E-state index contributed by atoms with van der Waals surface area (Å²) in [5.74, 6) is -1.13. The van der Waals surface area contributed by atoms with Gasteiger partial charge in [-0.05, 0) is 61.9 Å². The van der Waals surface area contributed by atoms with Gasteiger partial charge in [0.05, 0.1) is 28.5 Å². The molecule has 2 aromatic carbocycles. The molecule has 0 saturated carbocycles. The number of carbonyl (C=O) groups is 3. The van der Waals surface area contributed by atoms with Crippen molar-refractivity contribution in [2.24, 2.45) is 0 Å². The van der Waals surface area contributed by atoms with E-state index in [9.17, 15) is 14.4 Å². The third-order valence-electron chi connectivity index (χ3n) is 5.71. The Labute approximate surface area is 229 Å². The van der Waals surface area contributed by atoms with Crippen molar-refractivity contribution in [1.82, 2.24) is 20.1 Å². The van der Waals surface area contributed by atoms with Gasteiger partial charge in [0.15, 0.2) is 5.82 Å². The Morgan fingerprint density at radius 3 is 2.42 bits per heavy atom. The Bertz CT molecular complexity index is 1520. The van der Waals surface area contributed by atoms with Crippen LogP contribution in [-0.4, -0.2) is 46.1 Å². The number of likely N-dealkylation sites (N-methyl/N-ethyl adjacent to an activating group) is 1. The molecule has 0 spiro atoms. The summed E-state index contributed by atoms with van der Waals surface area (Å²) in [6, 6.07) is 17.0. The highest BCUT2D eigenvalue weighted by atomic mass is 35.5. The van der Waals surface area contributed by atoms with Crippen LogP contribution in [0.25, 0.3) is 5.82 Å². The minimum absolute atomic E-state index is 0.108. The van der Waals surface area contributed by atoms with Crippen molar-refractivity contribution < 1.29 is 14.4 Å². The number of halogens is 2. The lowest BCUT2D eigenvalue weighted by molar-refractivity contribution is -0.117. The molecule has 0 fully saturated rings. The third kappa shape index (κ3) is 5.85. The topological polar surface area (TPSA) is 109 Å². The molecule has 2 N–H and O–H groups in total. The molecule has 9 nitrogen and oxygen atoms in total. The number of aromatic nitrogens is 3. The number of pyridine rings is 1. The first-order valence-electron chi connectivity index (χ1n) is 11.5. The van der Waals surface area contributed by atoms with Crippen molar-refractivity contribution in [3.05, 3.63) is 99.4 Å². The van der Waals surface area contributed by atoms with Crippen LogP contribution >= 0.6 is 23.2 Å². The van der Waals surface area contributed by atoms with Gasteiger partial charge in [-0.1, -0.05) is 41.4 Å². The molecule has 38 heavy (non-hydrogen) atoms. The lowest BCUT2D eigenvalue weighted by Crippen LogP contribution is -2.38. The van der Waals surface area contributed by atoms with Crippen molar-refractivity contribution in [1.29, 1.82) is 0 Å². The number of nitrogens with zero attached hydrogens (tertiary/aromatic N) is 4. The number of nitrogens with one attached hydrogen (secondary N) is 2. The standard InChI is InChI=1S/C27H24Cl2N6O3/c1-16-12-18(28)14-20(26(37)31-15-23(36)34(3)19-8-5-4-6-9-19)24(16)32-27(38)22-13-17(2)33-35(22)25-21(29)10-7-11-30-25/h4-14H,15H2,1-3H3,(H,31,37)(H,32,38). The van der Waals surface area contributed by atoms with Crippen molar-refractivity contribution >= 4 is 52.3 Å². The predicted octanol–water partition coefficient (Wildman–Crippen LogP) is 4.84. The molecular formula is C27H24Cl2N6O3. The third-order valence-corrected chi connectivity index (χ3v) is 6.22.